The molecule has 0 bridgehead atoms. The van der Waals surface area contributed by atoms with Crippen LogP contribution in [0.3, 0.4) is 0 Å². The third kappa shape index (κ3) is 5.01. The third-order valence-electron chi connectivity index (χ3n) is 4.59. The van der Waals surface area contributed by atoms with Gasteiger partial charge in [-0.15, -0.1) is 0 Å². The van der Waals surface area contributed by atoms with Gasteiger partial charge in [0.2, 0.25) is 0 Å². The molecule has 0 saturated carbocycles. The van der Waals surface area contributed by atoms with Crippen LogP contribution in [-0.2, 0) is 10.2 Å². The lowest BCUT2D eigenvalue weighted by atomic mass is 9.84. The molecular weight excluding hydrogens is 347 g/mol. The van der Waals surface area contributed by atoms with Gasteiger partial charge in [0.15, 0.2) is 0 Å². The summed E-state index contributed by atoms with van der Waals surface area (Å²) in [6.07, 6.45) is 2.14. The van der Waals surface area contributed by atoms with E-state index >= 15 is 0 Å². The average molecular weight is 373 g/mol. The third-order valence-corrected chi connectivity index (χ3v) is 5.33. The minimum absolute atomic E-state index is 0.0102. The van der Waals surface area contributed by atoms with E-state index in [4.69, 9.17) is 27.9 Å². The van der Waals surface area contributed by atoms with Gasteiger partial charge in [-0.25, -0.2) is 4.79 Å². The normalized spacial score (nSPS) is 18.5. The molecule has 0 radical (unpaired) electrons. The summed E-state index contributed by atoms with van der Waals surface area (Å²) in [5.74, 6) is 0.428. The first-order valence-electron chi connectivity index (χ1n) is 8.30. The number of nitrogens with one attached hydrogen (secondary N) is 1. The van der Waals surface area contributed by atoms with Crippen LogP contribution in [-0.4, -0.2) is 44.3 Å². The summed E-state index contributed by atoms with van der Waals surface area (Å²) < 4.78 is 5.22. The fourth-order valence-electron chi connectivity index (χ4n) is 3.05. The summed E-state index contributed by atoms with van der Waals surface area (Å²) in [6.45, 7) is 6.97. The van der Waals surface area contributed by atoms with Crippen molar-refractivity contribution in [2.24, 2.45) is 5.92 Å². The molecule has 1 aromatic rings. The Balaban J connectivity index is 1.93. The predicted molar refractivity (Wildman–Crippen MR) is 99.1 cm³/mol. The van der Waals surface area contributed by atoms with Gasteiger partial charge in [0.1, 0.15) is 0 Å². The second kappa shape index (κ2) is 8.41. The minimum atomic E-state index is -0.231. The number of amides is 2. The number of methoxy groups -OCH3 is 1. The first-order chi connectivity index (χ1) is 11.3. The molecule has 2 rings (SSSR count). The number of likely N-dealkylation sites (tertiary alicyclic amines) is 1. The monoisotopic (exact) mass is 372 g/mol. The van der Waals surface area contributed by atoms with Crippen molar-refractivity contribution >= 4 is 29.2 Å². The summed E-state index contributed by atoms with van der Waals surface area (Å²) in [5.41, 5.74) is 0.819. The van der Waals surface area contributed by atoms with Crippen molar-refractivity contribution in [3.63, 3.8) is 0 Å². The highest BCUT2D eigenvalue weighted by atomic mass is 35.5. The number of piperidine rings is 1. The Kier molecular flexibility index (Phi) is 6.79. The maximum atomic E-state index is 12.5. The Morgan fingerprint density at radius 1 is 1.38 bits per heavy atom. The summed E-state index contributed by atoms with van der Waals surface area (Å²) in [4.78, 5) is 14.4. The molecule has 1 aliphatic heterocycles. The number of nitrogens with zero attached hydrogens (tertiary/aromatic N) is 1. The van der Waals surface area contributed by atoms with Crippen molar-refractivity contribution in [1.29, 1.82) is 0 Å². The smallest absolute Gasteiger partial charge is 0.317 e. The minimum Gasteiger partial charge on any atom is -0.384 e. The standard InChI is InChI=1S/C18H26Cl2N2O2/c1-18(2,14-6-7-15(19)16(20)9-14)12-21-17(23)22-8-4-5-13(10-22)11-24-3/h6-7,9,13H,4-5,8,10-12H2,1-3H3,(H,21,23). The number of halogens is 2. The van der Waals surface area contributed by atoms with Crippen LogP contribution in [0.1, 0.15) is 32.3 Å². The molecule has 1 heterocycles. The molecule has 2 amide bonds. The van der Waals surface area contributed by atoms with Crippen LogP contribution in [0.15, 0.2) is 18.2 Å². The maximum absolute atomic E-state index is 12.5. The molecule has 0 aromatic heterocycles. The highest BCUT2D eigenvalue weighted by Crippen LogP contribution is 2.29. The van der Waals surface area contributed by atoms with Gasteiger partial charge >= 0.3 is 6.03 Å². The Morgan fingerprint density at radius 3 is 2.79 bits per heavy atom. The van der Waals surface area contributed by atoms with Crippen molar-refractivity contribution in [2.45, 2.75) is 32.1 Å². The molecule has 1 unspecified atom stereocenters. The lowest BCUT2D eigenvalue weighted by Crippen LogP contribution is -2.48. The quantitative estimate of drug-likeness (QED) is 0.834. The van der Waals surface area contributed by atoms with E-state index in [1.54, 1.807) is 13.2 Å². The van der Waals surface area contributed by atoms with Gasteiger partial charge in [-0.05, 0) is 30.5 Å². The Hall–Kier alpha value is -0.970. The lowest BCUT2D eigenvalue weighted by molar-refractivity contribution is 0.100. The highest BCUT2D eigenvalue weighted by molar-refractivity contribution is 6.42. The maximum Gasteiger partial charge on any atom is 0.317 e. The van der Waals surface area contributed by atoms with Gasteiger partial charge in [-0.2, -0.15) is 0 Å². The molecule has 1 saturated heterocycles. The molecule has 0 spiro atoms. The summed E-state index contributed by atoms with van der Waals surface area (Å²) in [6, 6.07) is 5.61. The van der Waals surface area contributed by atoms with Crippen LogP contribution >= 0.6 is 23.2 Å². The zero-order valence-corrected chi connectivity index (χ0v) is 16.1. The highest BCUT2D eigenvalue weighted by Gasteiger charge is 2.26. The van der Waals surface area contributed by atoms with Crippen LogP contribution in [0, 0.1) is 5.92 Å². The molecule has 6 heteroatoms. The zero-order chi connectivity index (χ0) is 17.7. The number of benzene rings is 1. The van der Waals surface area contributed by atoms with E-state index in [-0.39, 0.29) is 11.4 Å². The van der Waals surface area contributed by atoms with E-state index in [2.05, 4.69) is 19.2 Å². The number of rotatable bonds is 5. The lowest BCUT2D eigenvalue weighted by Gasteiger charge is -2.34. The zero-order valence-electron chi connectivity index (χ0n) is 14.6. The summed E-state index contributed by atoms with van der Waals surface area (Å²) in [7, 11) is 1.71. The van der Waals surface area contributed by atoms with Crippen LogP contribution in [0.2, 0.25) is 10.0 Å². The van der Waals surface area contributed by atoms with Crippen molar-refractivity contribution in [3.05, 3.63) is 33.8 Å². The van der Waals surface area contributed by atoms with Crippen LogP contribution < -0.4 is 5.32 Å². The SMILES string of the molecule is COCC1CCCN(C(=O)NCC(C)(C)c2ccc(Cl)c(Cl)c2)C1. The van der Waals surface area contributed by atoms with Gasteiger partial charge in [-0.3, -0.25) is 0 Å². The summed E-state index contributed by atoms with van der Waals surface area (Å²) >= 11 is 12.1. The van der Waals surface area contributed by atoms with Crippen molar-refractivity contribution in [1.82, 2.24) is 10.2 Å². The first kappa shape index (κ1) is 19.4. The van der Waals surface area contributed by atoms with E-state index < -0.39 is 0 Å². The van der Waals surface area contributed by atoms with E-state index in [9.17, 15) is 4.79 Å². The number of hydrogen-bond acceptors (Lipinski definition) is 2. The van der Waals surface area contributed by atoms with Gasteiger partial charge in [0.25, 0.3) is 0 Å². The first-order valence-corrected chi connectivity index (χ1v) is 9.06. The van der Waals surface area contributed by atoms with E-state index in [1.165, 1.54) is 0 Å². The largest absolute Gasteiger partial charge is 0.384 e. The van der Waals surface area contributed by atoms with Crippen LogP contribution in [0.4, 0.5) is 4.79 Å². The van der Waals surface area contributed by atoms with Crippen LogP contribution in [0.25, 0.3) is 0 Å². The number of hydrogen-bond donors (Lipinski definition) is 1. The molecule has 24 heavy (non-hydrogen) atoms. The molecule has 1 aromatic carbocycles. The van der Waals surface area contributed by atoms with E-state index in [0.29, 0.717) is 29.1 Å². The Bertz CT molecular complexity index is 576. The van der Waals surface area contributed by atoms with E-state index in [0.717, 1.165) is 31.5 Å². The molecule has 134 valence electrons. The summed E-state index contributed by atoms with van der Waals surface area (Å²) in [5, 5.41) is 4.13. The fourth-order valence-corrected chi connectivity index (χ4v) is 3.35. The predicted octanol–water partition coefficient (Wildman–Crippen LogP) is 4.34. The Labute approximate surface area is 154 Å². The van der Waals surface area contributed by atoms with Crippen molar-refractivity contribution in [2.75, 3.05) is 33.4 Å². The number of carbonyl (C=O) groups is 1. The van der Waals surface area contributed by atoms with E-state index in [1.807, 2.05) is 17.0 Å². The number of urea groups is 1. The second-order valence-electron chi connectivity index (χ2n) is 7.08. The van der Waals surface area contributed by atoms with Gasteiger partial charge in [-0.1, -0.05) is 43.1 Å². The topological polar surface area (TPSA) is 41.6 Å². The molecular formula is C18H26Cl2N2O2. The Morgan fingerprint density at radius 2 is 2.12 bits per heavy atom. The number of ether oxygens (including phenoxy) is 1. The molecule has 1 atom stereocenters. The van der Waals surface area contributed by atoms with Gasteiger partial charge < -0.3 is 15.0 Å². The van der Waals surface area contributed by atoms with Crippen LogP contribution in [0.5, 0.6) is 0 Å². The number of carbonyl (C=O) groups excluding carboxylic acids is 1. The molecule has 1 fully saturated rings. The molecule has 0 aliphatic carbocycles. The van der Waals surface area contributed by atoms with Crippen molar-refractivity contribution < 1.29 is 9.53 Å². The van der Waals surface area contributed by atoms with Crippen molar-refractivity contribution in [3.8, 4) is 0 Å². The van der Waals surface area contributed by atoms with Gasteiger partial charge in [0, 0.05) is 38.1 Å². The average Bonchev–Trinajstić information content (AvgIpc) is 2.55. The fraction of sp³-hybridized carbons (Fsp3) is 0.611. The van der Waals surface area contributed by atoms with Gasteiger partial charge in [0.05, 0.1) is 16.7 Å². The second-order valence-corrected chi connectivity index (χ2v) is 7.90. The molecule has 1 aliphatic rings. The molecule has 4 nitrogen and oxygen atoms in total. The molecule has 1 N–H and O–H groups in total.